The number of hydrogen-bond acceptors (Lipinski definition) is 2. The molecule has 0 aromatic heterocycles. The predicted octanol–water partition coefficient (Wildman–Crippen LogP) is 4.13. The van der Waals surface area contributed by atoms with Crippen molar-refractivity contribution in [3.8, 4) is 5.75 Å². The maximum absolute atomic E-state index is 10.4. The maximum atomic E-state index is 10.4. The zero-order valence-electron chi connectivity index (χ0n) is 10.8. The van der Waals surface area contributed by atoms with E-state index in [-0.39, 0.29) is 0 Å². The highest BCUT2D eigenvalue weighted by atomic mass is 16.5. The summed E-state index contributed by atoms with van der Waals surface area (Å²) in [6, 6.07) is 6.94. The van der Waals surface area contributed by atoms with Crippen LogP contribution in [0.2, 0.25) is 0 Å². The predicted molar refractivity (Wildman–Crippen MR) is 72.3 cm³/mol. The third-order valence-corrected chi connectivity index (χ3v) is 2.62. The Morgan fingerprint density at radius 3 is 2.44 bits per heavy atom. The number of carboxylic acid groups (broad SMARTS) is 1. The molecule has 0 aliphatic carbocycles. The first-order valence-corrected chi connectivity index (χ1v) is 6.45. The second-order valence-corrected chi connectivity index (χ2v) is 4.22. The number of unbranched alkanes of at least 4 members (excludes halogenated alkanes) is 4. The summed E-state index contributed by atoms with van der Waals surface area (Å²) in [5, 5.41) is 10.8. The lowest BCUT2D eigenvalue weighted by atomic mass is 10.2. The molecule has 0 heterocycles. The number of rotatable bonds is 8. The number of benzene rings is 1. The Bertz CT molecular complexity index is 349. The van der Waals surface area contributed by atoms with Gasteiger partial charge in [0.05, 0.1) is 6.61 Å². The van der Waals surface area contributed by atoms with Crippen molar-refractivity contribution in [2.24, 2.45) is 0 Å². The average Bonchev–Trinajstić information content (AvgIpc) is 2.35. The fourth-order valence-corrected chi connectivity index (χ4v) is 1.65. The van der Waals surface area contributed by atoms with Crippen LogP contribution in [0.15, 0.2) is 24.3 Å². The molecule has 4 nitrogen and oxygen atoms in total. The molecule has 0 aliphatic rings. The molecule has 0 bridgehead atoms. The first kappa shape index (κ1) is 14.4. The van der Waals surface area contributed by atoms with Crippen LogP contribution in [0.5, 0.6) is 5.75 Å². The van der Waals surface area contributed by atoms with Gasteiger partial charge in [0.15, 0.2) is 0 Å². The molecular formula is C14H21NO3. The highest BCUT2D eigenvalue weighted by molar-refractivity contribution is 5.82. The minimum atomic E-state index is -1.06. The van der Waals surface area contributed by atoms with Crippen molar-refractivity contribution in [3.05, 3.63) is 24.3 Å². The van der Waals surface area contributed by atoms with Crippen molar-refractivity contribution in [1.29, 1.82) is 0 Å². The second-order valence-electron chi connectivity index (χ2n) is 4.22. The number of ether oxygens (including phenoxy) is 1. The van der Waals surface area contributed by atoms with Crippen LogP contribution in [-0.4, -0.2) is 17.8 Å². The molecule has 0 saturated carbocycles. The Hall–Kier alpha value is -1.71. The Morgan fingerprint density at radius 1 is 1.17 bits per heavy atom. The van der Waals surface area contributed by atoms with Gasteiger partial charge in [-0.25, -0.2) is 4.79 Å². The molecule has 18 heavy (non-hydrogen) atoms. The van der Waals surface area contributed by atoms with Crippen molar-refractivity contribution >= 4 is 11.8 Å². The van der Waals surface area contributed by atoms with Crippen molar-refractivity contribution in [3.63, 3.8) is 0 Å². The summed E-state index contributed by atoms with van der Waals surface area (Å²) in [6.07, 6.45) is 5.01. The van der Waals surface area contributed by atoms with E-state index in [2.05, 4.69) is 12.2 Å². The van der Waals surface area contributed by atoms with Gasteiger partial charge in [-0.05, 0) is 30.7 Å². The van der Waals surface area contributed by atoms with E-state index in [1.54, 1.807) is 24.3 Å². The average molecular weight is 251 g/mol. The van der Waals surface area contributed by atoms with E-state index in [0.29, 0.717) is 5.69 Å². The first-order chi connectivity index (χ1) is 8.72. The van der Waals surface area contributed by atoms with E-state index in [1.165, 1.54) is 25.7 Å². The van der Waals surface area contributed by atoms with Gasteiger partial charge in [0.1, 0.15) is 5.75 Å². The van der Waals surface area contributed by atoms with Gasteiger partial charge in [-0.1, -0.05) is 32.6 Å². The molecule has 0 unspecified atom stereocenters. The molecule has 1 rings (SSSR count). The summed E-state index contributed by atoms with van der Waals surface area (Å²) in [7, 11) is 0. The van der Waals surface area contributed by atoms with E-state index >= 15 is 0 Å². The molecule has 1 aromatic rings. The van der Waals surface area contributed by atoms with Crippen LogP contribution in [0.3, 0.4) is 0 Å². The maximum Gasteiger partial charge on any atom is 0.409 e. The first-order valence-electron chi connectivity index (χ1n) is 6.45. The Morgan fingerprint density at radius 2 is 1.83 bits per heavy atom. The lowest BCUT2D eigenvalue weighted by Gasteiger charge is -2.07. The highest BCUT2D eigenvalue weighted by Crippen LogP contribution is 2.16. The SMILES string of the molecule is CCCCCCCOc1ccc(NC(=O)O)cc1. The van der Waals surface area contributed by atoms with Crippen molar-refractivity contribution in [2.45, 2.75) is 39.0 Å². The molecule has 0 fully saturated rings. The molecule has 0 atom stereocenters. The fraction of sp³-hybridized carbons (Fsp3) is 0.500. The normalized spacial score (nSPS) is 10.1. The monoisotopic (exact) mass is 251 g/mol. The van der Waals surface area contributed by atoms with Gasteiger partial charge in [0.2, 0.25) is 0 Å². The van der Waals surface area contributed by atoms with Crippen LogP contribution >= 0.6 is 0 Å². The molecule has 1 amide bonds. The summed E-state index contributed by atoms with van der Waals surface area (Å²) < 4.78 is 5.57. The van der Waals surface area contributed by atoms with Crippen LogP contribution in [0.25, 0.3) is 0 Å². The zero-order chi connectivity index (χ0) is 13.2. The minimum Gasteiger partial charge on any atom is -0.494 e. The fourth-order valence-electron chi connectivity index (χ4n) is 1.65. The Balaban J connectivity index is 2.20. The van der Waals surface area contributed by atoms with Crippen LogP contribution in [0.4, 0.5) is 10.5 Å². The highest BCUT2D eigenvalue weighted by Gasteiger charge is 1.98. The summed E-state index contributed by atoms with van der Waals surface area (Å²) in [4.78, 5) is 10.4. The molecule has 1 aromatic carbocycles. The lowest BCUT2D eigenvalue weighted by molar-refractivity contribution is 0.209. The van der Waals surface area contributed by atoms with Crippen LogP contribution in [0.1, 0.15) is 39.0 Å². The van der Waals surface area contributed by atoms with Crippen molar-refractivity contribution < 1.29 is 14.6 Å². The van der Waals surface area contributed by atoms with Gasteiger partial charge in [0, 0.05) is 5.69 Å². The topological polar surface area (TPSA) is 58.6 Å². The number of carbonyl (C=O) groups is 1. The summed E-state index contributed by atoms with van der Waals surface area (Å²) in [5.74, 6) is 0.779. The third-order valence-electron chi connectivity index (χ3n) is 2.62. The Labute approximate surface area is 108 Å². The smallest absolute Gasteiger partial charge is 0.409 e. The number of nitrogens with one attached hydrogen (secondary N) is 1. The largest absolute Gasteiger partial charge is 0.494 e. The molecule has 0 saturated heterocycles. The van der Waals surface area contributed by atoms with Crippen LogP contribution < -0.4 is 10.1 Å². The summed E-state index contributed by atoms with van der Waals surface area (Å²) >= 11 is 0. The van der Waals surface area contributed by atoms with Crippen molar-refractivity contribution in [2.75, 3.05) is 11.9 Å². The molecule has 0 radical (unpaired) electrons. The second kappa shape index (κ2) is 8.39. The van der Waals surface area contributed by atoms with Gasteiger partial charge in [-0.15, -0.1) is 0 Å². The van der Waals surface area contributed by atoms with E-state index in [0.717, 1.165) is 18.8 Å². The van der Waals surface area contributed by atoms with Crippen molar-refractivity contribution in [1.82, 2.24) is 0 Å². The molecule has 4 heteroatoms. The third kappa shape index (κ3) is 6.13. The quantitative estimate of drug-likeness (QED) is 0.683. The zero-order valence-corrected chi connectivity index (χ0v) is 10.8. The molecule has 2 N–H and O–H groups in total. The van der Waals surface area contributed by atoms with Gasteiger partial charge in [0.25, 0.3) is 0 Å². The summed E-state index contributed by atoms with van der Waals surface area (Å²) in [5.41, 5.74) is 0.554. The van der Waals surface area contributed by atoms with E-state index in [1.807, 2.05) is 0 Å². The van der Waals surface area contributed by atoms with E-state index in [4.69, 9.17) is 9.84 Å². The van der Waals surface area contributed by atoms with E-state index in [9.17, 15) is 4.79 Å². The van der Waals surface area contributed by atoms with Crippen LogP contribution in [0, 0.1) is 0 Å². The molecule has 0 aliphatic heterocycles. The minimum absolute atomic E-state index is 0.554. The Kier molecular flexibility index (Phi) is 6.69. The van der Waals surface area contributed by atoms with Gasteiger partial charge in [-0.3, -0.25) is 5.32 Å². The standard InChI is InChI=1S/C14H21NO3/c1-2-3-4-5-6-11-18-13-9-7-12(8-10-13)15-14(16)17/h7-10,15H,2-6,11H2,1H3,(H,16,17). The van der Waals surface area contributed by atoms with Gasteiger partial charge >= 0.3 is 6.09 Å². The lowest BCUT2D eigenvalue weighted by Crippen LogP contribution is -2.06. The van der Waals surface area contributed by atoms with E-state index < -0.39 is 6.09 Å². The summed E-state index contributed by atoms with van der Waals surface area (Å²) in [6.45, 7) is 2.92. The number of anilines is 1. The molecule has 100 valence electrons. The molecule has 0 spiro atoms. The number of hydrogen-bond donors (Lipinski definition) is 2. The van der Waals surface area contributed by atoms with Gasteiger partial charge in [-0.2, -0.15) is 0 Å². The van der Waals surface area contributed by atoms with Gasteiger partial charge < -0.3 is 9.84 Å². The number of amides is 1. The molecular weight excluding hydrogens is 230 g/mol. The van der Waals surface area contributed by atoms with Crippen LogP contribution in [-0.2, 0) is 0 Å².